The molecule has 27 heavy (non-hydrogen) atoms. The third kappa shape index (κ3) is 4.19. The number of anilines is 1. The van der Waals surface area contributed by atoms with Crippen LogP contribution in [0.5, 0.6) is 5.75 Å². The SMILES string of the molecule is CC(C1CC1)n1nccc1NC(=O)c1ccc(COc2ccccc2)cc1. The summed E-state index contributed by atoms with van der Waals surface area (Å²) in [6.07, 6.45) is 4.21. The molecule has 5 nitrogen and oxygen atoms in total. The molecule has 1 amide bonds. The van der Waals surface area contributed by atoms with Crippen molar-refractivity contribution in [3.63, 3.8) is 0 Å². The summed E-state index contributed by atoms with van der Waals surface area (Å²) in [5.74, 6) is 2.12. The second kappa shape index (κ2) is 7.66. The van der Waals surface area contributed by atoms with Gasteiger partial charge in [0.15, 0.2) is 0 Å². The van der Waals surface area contributed by atoms with E-state index in [1.807, 2.05) is 65.3 Å². The van der Waals surface area contributed by atoms with E-state index in [0.29, 0.717) is 24.1 Å². The Labute approximate surface area is 159 Å². The maximum absolute atomic E-state index is 12.6. The smallest absolute Gasteiger partial charge is 0.256 e. The maximum atomic E-state index is 12.6. The first-order valence-corrected chi connectivity index (χ1v) is 9.32. The number of hydrogen-bond donors (Lipinski definition) is 1. The molecular weight excluding hydrogens is 338 g/mol. The zero-order valence-electron chi connectivity index (χ0n) is 15.3. The molecule has 1 fully saturated rings. The van der Waals surface area contributed by atoms with Crippen LogP contribution in [0.4, 0.5) is 5.82 Å². The van der Waals surface area contributed by atoms with Gasteiger partial charge in [-0.25, -0.2) is 4.68 Å². The Morgan fingerprint density at radius 1 is 1.15 bits per heavy atom. The fraction of sp³-hybridized carbons (Fsp3) is 0.273. The van der Waals surface area contributed by atoms with Crippen molar-refractivity contribution in [2.24, 2.45) is 5.92 Å². The fourth-order valence-corrected chi connectivity index (χ4v) is 3.14. The normalized spacial score (nSPS) is 14.6. The molecule has 0 aliphatic heterocycles. The van der Waals surface area contributed by atoms with E-state index in [2.05, 4.69) is 17.3 Å². The van der Waals surface area contributed by atoms with E-state index in [1.54, 1.807) is 6.20 Å². The number of para-hydroxylation sites is 1. The number of hydrogen-bond acceptors (Lipinski definition) is 3. The molecule has 1 unspecified atom stereocenters. The number of nitrogens with one attached hydrogen (secondary N) is 1. The van der Waals surface area contributed by atoms with Crippen LogP contribution < -0.4 is 10.1 Å². The number of carbonyl (C=O) groups excluding carboxylic acids is 1. The van der Waals surface area contributed by atoms with Gasteiger partial charge in [-0.15, -0.1) is 0 Å². The average Bonchev–Trinajstić information content (AvgIpc) is 3.46. The van der Waals surface area contributed by atoms with E-state index >= 15 is 0 Å². The van der Waals surface area contributed by atoms with E-state index in [9.17, 15) is 4.79 Å². The van der Waals surface area contributed by atoms with E-state index < -0.39 is 0 Å². The van der Waals surface area contributed by atoms with Crippen LogP contribution in [0.15, 0.2) is 66.9 Å². The van der Waals surface area contributed by atoms with Crippen molar-refractivity contribution < 1.29 is 9.53 Å². The molecule has 1 aromatic heterocycles. The van der Waals surface area contributed by atoms with Gasteiger partial charge in [0.2, 0.25) is 0 Å². The number of carbonyl (C=O) groups is 1. The summed E-state index contributed by atoms with van der Waals surface area (Å²) >= 11 is 0. The predicted octanol–water partition coefficient (Wildman–Crippen LogP) is 4.69. The number of benzene rings is 2. The van der Waals surface area contributed by atoms with Crippen molar-refractivity contribution in [3.05, 3.63) is 78.0 Å². The maximum Gasteiger partial charge on any atom is 0.256 e. The van der Waals surface area contributed by atoms with Gasteiger partial charge < -0.3 is 10.1 Å². The zero-order valence-corrected chi connectivity index (χ0v) is 15.3. The molecular formula is C22H23N3O2. The highest BCUT2D eigenvalue weighted by Crippen LogP contribution is 2.40. The van der Waals surface area contributed by atoms with Gasteiger partial charge in [0.05, 0.1) is 12.2 Å². The Balaban J connectivity index is 1.37. The molecule has 138 valence electrons. The minimum absolute atomic E-state index is 0.129. The lowest BCUT2D eigenvalue weighted by Gasteiger charge is -2.15. The van der Waals surface area contributed by atoms with Crippen LogP contribution in [0.2, 0.25) is 0 Å². The third-order valence-electron chi connectivity index (χ3n) is 4.97. The molecule has 1 atom stereocenters. The molecule has 5 heteroatoms. The molecule has 0 radical (unpaired) electrons. The summed E-state index contributed by atoms with van der Waals surface area (Å²) in [5.41, 5.74) is 1.63. The Bertz CT molecular complexity index is 899. The van der Waals surface area contributed by atoms with E-state index in [0.717, 1.165) is 17.1 Å². The third-order valence-corrected chi connectivity index (χ3v) is 4.97. The van der Waals surface area contributed by atoms with Crippen LogP contribution in [-0.2, 0) is 6.61 Å². The first-order valence-electron chi connectivity index (χ1n) is 9.32. The van der Waals surface area contributed by atoms with E-state index in [-0.39, 0.29) is 5.91 Å². The van der Waals surface area contributed by atoms with Gasteiger partial charge in [-0.1, -0.05) is 30.3 Å². The average molecular weight is 361 g/mol. The van der Waals surface area contributed by atoms with Gasteiger partial charge in [-0.05, 0) is 55.5 Å². The van der Waals surface area contributed by atoms with Crippen LogP contribution in [-0.4, -0.2) is 15.7 Å². The first-order chi connectivity index (χ1) is 13.2. The number of aromatic nitrogens is 2. The highest BCUT2D eigenvalue weighted by molar-refractivity contribution is 6.03. The number of ether oxygens (including phenoxy) is 1. The van der Waals surface area contributed by atoms with E-state index in [1.165, 1.54) is 12.8 Å². The summed E-state index contributed by atoms with van der Waals surface area (Å²) in [6, 6.07) is 19.3. The monoisotopic (exact) mass is 361 g/mol. The second-order valence-corrected chi connectivity index (χ2v) is 6.99. The lowest BCUT2D eigenvalue weighted by molar-refractivity contribution is 0.102. The fourth-order valence-electron chi connectivity index (χ4n) is 3.14. The highest BCUT2D eigenvalue weighted by atomic mass is 16.5. The van der Waals surface area contributed by atoms with Gasteiger partial charge in [0, 0.05) is 11.6 Å². The van der Waals surface area contributed by atoms with Crippen LogP contribution in [0.3, 0.4) is 0 Å². The van der Waals surface area contributed by atoms with Crippen molar-refractivity contribution in [1.29, 1.82) is 0 Å². The zero-order chi connectivity index (χ0) is 18.6. The Hall–Kier alpha value is -3.08. The lowest BCUT2D eigenvalue weighted by atomic mass is 10.1. The summed E-state index contributed by atoms with van der Waals surface area (Å²) in [6.45, 7) is 2.62. The van der Waals surface area contributed by atoms with Crippen molar-refractivity contribution in [2.75, 3.05) is 5.32 Å². The van der Waals surface area contributed by atoms with Crippen LogP contribution in [0.1, 0.15) is 41.7 Å². The summed E-state index contributed by atoms with van der Waals surface area (Å²) in [7, 11) is 0. The number of amides is 1. The number of nitrogens with zero attached hydrogens (tertiary/aromatic N) is 2. The van der Waals surface area contributed by atoms with Crippen molar-refractivity contribution in [3.8, 4) is 5.75 Å². The van der Waals surface area contributed by atoms with Crippen molar-refractivity contribution in [1.82, 2.24) is 9.78 Å². The molecule has 2 aromatic carbocycles. The molecule has 3 aromatic rings. The van der Waals surface area contributed by atoms with Crippen LogP contribution in [0.25, 0.3) is 0 Å². The largest absolute Gasteiger partial charge is 0.489 e. The topological polar surface area (TPSA) is 56.2 Å². The standard InChI is InChI=1S/C22H23N3O2/c1-16(18-11-12-18)25-21(13-14-23-25)24-22(26)19-9-7-17(8-10-19)15-27-20-5-3-2-4-6-20/h2-10,13-14,16,18H,11-12,15H2,1H3,(H,24,26). The van der Waals surface area contributed by atoms with Gasteiger partial charge >= 0.3 is 0 Å². The van der Waals surface area contributed by atoms with Crippen LogP contribution in [0, 0.1) is 5.92 Å². The minimum atomic E-state index is -0.129. The second-order valence-electron chi connectivity index (χ2n) is 6.99. The Kier molecular flexibility index (Phi) is 4.92. The van der Waals surface area contributed by atoms with Gasteiger partial charge in [0.25, 0.3) is 5.91 Å². The lowest BCUT2D eigenvalue weighted by Crippen LogP contribution is -2.18. The van der Waals surface area contributed by atoms with Gasteiger partial charge in [-0.3, -0.25) is 4.79 Å². The predicted molar refractivity (Wildman–Crippen MR) is 105 cm³/mol. The summed E-state index contributed by atoms with van der Waals surface area (Å²) in [4.78, 5) is 12.6. The molecule has 1 aliphatic rings. The molecule has 0 saturated heterocycles. The highest BCUT2D eigenvalue weighted by Gasteiger charge is 2.30. The summed E-state index contributed by atoms with van der Waals surface area (Å²) in [5, 5.41) is 7.35. The molecule has 4 rings (SSSR count). The molecule has 1 aliphatic carbocycles. The van der Waals surface area contributed by atoms with Gasteiger partial charge in [-0.2, -0.15) is 5.10 Å². The quantitative estimate of drug-likeness (QED) is 0.664. The Morgan fingerprint density at radius 2 is 1.89 bits per heavy atom. The van der Waals surface area contributed by atoms with Crippen molar-refractivity contribution >= 4 is 11.7 Å². The first kappa shape index (κ1) is 17.3. The molecule has 0 spiro atoms. The Morgan fingerprint density at radius 3 is 2.59 bits per heavy atom. The molecule has 1 heterocycles. The van der Waals surface area contributed by atoms with Crippen LogP contribution >= 0.6 is 0 Å². The van der Waals surface area contributed by atoms with Crippen molar-refractivity contribution in [2.45, 2.75) is 32.4 Å². The molecule has 0 bridgehead atoms. The minimum Gasteiger partial charge on any atom is -0.489 e. The number of rotatable bonds is 7. The molecule has 1 saturated carbocycles. The van der Waals surface area contributed by atoms with Gasteiger partial charge in [0.1, 0.15) is 18.2 Å². The van der Waals surface area contributed by atoms with E-state index in [4.69, 9.17) is 4.74 Å². The summed E-state index contributed by atoms with van der Waals surface area (Å²) < 4.78 is 7.65. The molecule has 1 N–H and O–H groups in total.